The number of unbranched alkanes of at least 4 members (excludes halogenated alkanes) is 22. The minimum absolute atomic E-state index is 0.0505. The molecule has 5 heterocycles. The summed E-state index contributed by atoms with van der Waals surface area (Å²) in [6.07, 6.45) is -18.8. The zero-order valence-corrected chi connectivity index (χ0v) is 67.9. The molecular weight excluding hydrogens is 1510 g/mol. The summed E-state index contributed by atoms with van der Waals surface area (Å²) in [5.74, 6) is -5.03. The quantitative estimate of drug-likeness (QED) is 0.0305. The van der Waals surface area contributed by atoms with Crippen molar-refractivity contribution in [2.45, 2.75) is 385 Å². The maximum Gasteiger partial charge on any atom is 0.229 e. The van der Waals surface area contributed by atoms with E-state index in [9.17, 15) is 101 Å². The molecule has 1 aromatic rings. The van der Waals surface area contributed by atoms with Crippen LogP contribution in [0.5, 0.6) is 0 Å². The molecule has 0 saturated carbocycles. The van der Waals surface area contributed by atoms with Crippen LogP contribution in [0.25, 0.3) is 6.08 Å². The molecule has 19 N–H and O–H groups in total. The van der Waals surface area contributed by atoms with Gasteiger partial charge in [-0.1, -0.05) is 205 Å². The highest BCUT2D eigenvalue weighted by molar-refractivity contribution is 5.76. The lowest BCUT2D eigenvalue weighted by Crippen LogP contribution is -2.71. The molecule has 115 heavy (non-hydrogen) atoms. The Kier molecular flexibility index (Phi) is 46.0. The molecule has 5 aliphatic rings. The summed E-state index contributed by atoms with van der Waals surface area (Å²) in [6.45, 7) is 3.90. The fourth-order valence-electron chi connectivity index (χ4n) is 15.7. The van der Waals surface area contributed by atoms with Crippen molar-refractivity contribution in [3.05, 3.63) is 42.0 Å². The molecule has 1 aromatic carbocycles. The number of carbonyl (C=O) groups excluding carboxylic acids is 4. The fraction of sp³-hybridized carbons (Fsp3) is 0.852. The van der Waals surface area contributed by atoms with Gasteiger partial charge >= 0.3 is 0 Å². The second-order valence-electron chi connectivity index (χ2n) is 31.5. The maximum atomic E-state index is 14.3. The SMILES string of the molecule is CCCCCCCCCCCCCCCC(=O)N[C@@H](CO[C@@H]1OC(CO)[C@@H](O[C@@H]2OC(CO)[C@H](O[C@@H]3OC(CO)[C@H](O)C(OC4OC(CO)[C@H](O)C(O)C4O)C3NC(C)=O)C(O[C@]3(C=O)CC(O)[C@@H](NC(C)=O)C([C@H](O)[C@H](O)CO)O3)C2O)C(O)C1O)[C@H](O)C(/C=C/c1ccccc1)N(CCCCCCCC)CCCCCCCC. The highest BCUT2D eigenvalue weighted by atomic mass is 16.8. The number of carbonyl (C=O) groups is 4. The molecule has 0 aliphatic carbocycles. The van der Waals surface area contributed by atoms with Gasteiger partial charge in [-0.15, -0.1) is 0 Å². The van der Waals surface area contributed by atoms with Gasteiger partial charge in [0.1, 0.15) is 116 Å². The van der Waals surface area contributed by atoms with Crippen LogP contribution in [0.2, 0.25) is 0 Å². The number of hydrogen-bond acceptors (Lipinski definition) is 31. The van der Waals surface area contributed by atoms with Crippen LogP contribution in [0.15, 0.2) is 36.4 Å². The van der Waals surface area contributed by atoms with Crippen molar-refractivity contribution in [1.29, 1.82) is 0 Å². The molecular formula is C81H140N4O30. The van der Waals surface area contributed by atoms with Crippen LogP contribution in [0.4, 0.5) is 0 Å². The van der Waals surface area contributed by atoms with Crippen molar-refractivity contribution < 1.29 is 148 Å². The van der Waals surface area contributed by atoms with Gasteiger partial charge in [-0.05, 0) is 37.9 Å². The number of ether oxygens (including phenoxy) is 10. The van der Waals surface area contributed by atoms with Gasteiger partial charge in [0.25, 0.3) is 0 Å². The predicted octanol–water partition coefficient (Wildman–Crippen LogP) is 0.139. The summed E-state index contributed by atoms with van der Waals surface area (Å²) < 4.78 is 61.5. The molecule has 5 fully saturated rings. The van der Waals surface area contributed by atoms with Crippen molar-refractivity contribution in [3.63, 3.8) is 0 Å². The lowest BCUT2D eigenvalue weighted by Gasteiger charge is -2.52. The molecule has 34 heteroatoms. The molecule has 29 atom stereocenters. The van der Waals surface area contributed by atoms with Gasteiger partial charge in [-0.25, -0.2) is 0 Å². The Balaban J connectivity index is 1.34. The Hall–Kier alpha value is -4.04. The summed E-state index contributed by atoms with van der Waals surface area (Å²) in [4.78, 5) is 56.1. The minimum Gasteiger partial charge on any atom is -0.394 e. The predicted molar refractivity (Wildman–Crippen MR) is 415 cm³/mol. The Morgan fingerprint density at radius 3 is 1.51 bits per heavy atom. The third kappa shape index (κ3) is 30.5. The maximum absolute atomic E-state index is 14.3. The van der Waals surface area contributed by atoms with Crippen molar-refractivity contribution in [1.82, 2.24) is 20.9 Å². The van der Waals surface area contributed by atoms with E-state index in [-0.39, 0.29) is 18.6 Å². The number of hydrogen-bond donors (Lipinski definition) is 19. The largest absolute Gasteiger partial charge is 0.394 e. The highest BCUT2D eigenvalue weighted by Crippen LogP contribution is 2.41. The van der Waals surface area contributed by atoms with E-state index in [1.165, 1.54) is 44.9 Å². The normalized spacial score (nSPS) is 33.3. The number of rotatable bonds is 55. The Bertz CT molecular complexity index is 2850. The number of nitrogens with one attached hydrogen (secondary N) is 3. The van der Waals surface area contributed by atoms with Crippen molar-refractivity contribution in [2.24, 2.45) is 0 Å². The number of aliphatic hydroxyl groups is 16. The van der Waals surface area contributed by atoms with Gasteiger partial charge in [-0.3, -0.25) is 24.1 Å². The number of aliphatic hydroxyl groups excluding tert-OH is 16. The average molecular weight is 1650 g/mol. The standard InChI is InChI=1S/C81H140N4O30/c1-6-9-12-15-18-19-20-21-22-23-24-25-31-36-60(96)84-52(63(97)53(38-37-51-34-29-28-30-35-51)85(39-32-26-16-13-10-7-2)40-33-27-17-14-11-8-3)47-106-78-70(104)68(102)72(58(45-89)109-78)111-80-71(105)76(115-81(48-91)41-54(94)61(82-49(4)92)75(114-81)64(98)55(95)42-86)73(59(46-90)110-80)112-77-62(83-50(5)93)74(66(100)57(44-88)107-77)113-79-69(103)67(101)65(99)56(43-87)108-79/h28-30,34-35,37-38,48,52-59,61-80,86-90,94-95,97-105H,6-27,31-33,36,39-47H2,1-5H3,(H,82,92)(H,83,93)(H,84,96)/b38-37+/t52-,53?,54?,55+,56?,57?,58?,59?,61+,62?,63-,64+,65-,66-,67?,68?,69?,70?,71?,72+,73-,74?,75?,76?,77-,78+,79?,80-,81-/m0/s1. The zero-order valence-electron chi connectivity index (χ0n) is 67.9. The van der Waals surface area contributed by atoms with Gasteiger partial charge < -0.3 is 145 Å². The molecule has 0 bridgehead atoms. The number of amides is 3. The zero-order chi connectivity index (χ0) is 84.2. The van der Waals surface area contributed by atoms with E-state index in [4.69, 9.17) is 47.4 Å². The number of benzene rings is 1. The van der Waals surface area contributed by atoms with Gasteiger partial charge in [0.2, 0.25) is 23.5 Å². The molecule has 0 spiro atoms. The average Bonchev–Trinajstić information content (AvgIpc) is 0.751. The van der Waals surface area contributed by atoms with E-state index in [1.54, 1.807) is 0 Å². The summed E-state index contributed by atoms with van der Waals surface area (Å²) >= 11 is 0. The molecule has 16 unspecified atom stereocenters. The lowest BCUT2D eigenvalue weighted by molar-refractivity contribution is -0.400. The van der Waals surface area contributed by atoms with E-state index in [2.05, 4.69) is 41.6 Å². The fourth-order valence-corrected chi connectivity index (χ4v) is 15.7. The van der Waals surface area contributed by atoms with Crippen LogP contribution in [0, 0.1) is 0 Å². The second kappa shape index (κ2) is 53.0. The van der Waals surface area contributed by atoms with Crippen LogP contribution < -0.4 is 16.0 Å². The third-order valence-electron chi connectivity index (χ3n) is 22.3. The summed E-state index contributed by atoms with van der Waals surface area (Å²) in [6, 6.07) is 4.13. The molecule has 0 radical (unpaired) electrons. The topological polar surface area (TPSA) is 524 Å². The van der Waals surface area contributed by atoms with E-state index in [0.717, 1.165) is 129 Å². The van der Waals surface area contributed by atoms with Crippen LogP contribution in [0.1, 0.15) is 214 Å². The van der Waals surface area contributed by atoms with Gasteiger partial charge in [0.05, 0.1) is 70.0 Å². The van der Waals surface area contributed by atoms with Crippen LogP contribution >= 0.6 is 0 Å². The van der Waals surface area contributed by atoms with Crippen molar-refractivity contribution in [2.75, 3.05) is 52.7 Å². The highest BCUT2D eigenvalue weighted by Gasteiger charge is 2.60. The van der Waals surface area contributed by atoms with E-state index >= 15 is 0 Å². The first-order chi connectivity index (χ1) is 55.3. The monoisotopic (exact) mass is 1650 g/mol. The first-order valence-electron chi connectivity index (χ1n) is 42.2. The Labute approximate surface area is 676 Å². The van der Waals surface area contributed by atoms with Crippen LogP contribution in [-0.4, -0.2) is 341 Å². The molecule has 664 valence electrons. The van der Waals surface area contributed by atoms with Gasteiger partial charge in [0, 0.05) is 26.7 Å². The van der Waals surface area contributed by atoms with Crippen molar-refractivity contribution >= 4 is 30.1 Å². The van der Waals surface area contributed by atoms with Crippen molar-refractivity contribution in [3.8, 4) is 0 Å². The van der Waals surface area contributed by atoms with E-state index < -0.39 is 235 Å². The molecule has 3 amide bonds. The summed E-state index contributed by atoms with van der Waals surface area (Å²) in [5.41, 5.74) is 0.863. The lowest BCUT2D eigenvalue weighted by atomic mass is 9.88. The third-order valence-corrected chi connectivity index (χ3v) is 22.3. The number of aldehydes is 1. The van der Waals surface area contributed by atoms with Crippen LogP contribution in [0.3, 0.4) is 0 Å². The van der Waals surface area contributed by atoms with E-state index in [0.29, 0.717) is 19.5 Å². The Morgan fingerprint density at radius 2 is 0.983 bits per heavy atom. The van der Waals surface area contributed by atoms with Crippen LogP contribution in [-0.2, 0) is 66.5 Å². The second-order valence-corrected chi connectivity index (χ2v) is 31.5. The molecule has 34 nitrogen and oxygen atoms in total. The molecule has 5 saturated heterocycles. The summed E-state index contributed by atoms with van der Waals surface area (Å²) in [7, 11) is 0. The van der Waals surface area contributed by atoms with Gasteiger partial charge in [0.15, 0.2) is 31.4 Å². The first-order valence-corrected chi connectivity index (χ1v) is 42.2. The number of nitrogens with zero attached hydrogens (tertiary/aromatic N) is 1. The molecule has 0 aromatic heterocycles. The first kappa shape index (κ1) is 99.8. The Morgan fingerprint density at radius 1 is 0.522 bits per heavy atom. The smallest absolute Gasteiger partial charge is 0.229 e. The van der Waals surface area contributed by atoms with E-state index in [1.807, 2.05) is 42.5 Å². The summed E-state index contributed by atoms with van der Waals surface area (Å²) in [5, 5.41) is 190. The molecule has 6 rings (SSSR count). The van der Waals surface area contributed by atoms with Gasteiger partial charge in [-0.2, -0.15) is 0 Å². The molecule has 5 aliphatic heterocycles. The minimum atomic E-state index is -2.95.